The van der Waals surface area contributed by atoms with Gasteiger partial charge in [0.15, 0.2) is 0 Å². The fourth-order valence-electron chi connectivity index (χ4n) is 3.32. The third kappa shape index (κ3) is 3.35. The summed E-state index contributed by atoms with van der Waals surface area (Å²) in [5.41, 5.74) is 4.79. The van der Waals surface area contributed by atoms with Crippen LogP contribution in [-0.4, -0.2) is 33.4 Å². The number of hydrogen-bond acceptors (Lipinski definition) is 3. The lowest BCUT2D eigenvalue weighted by molar-refractivity contribution is 0.267. The Kier molecular flexibility index (Phi) is 4.97. The Balaban J connectivity index is 1.79. The van der Waals surface area contributed by atoms with Gasteiger partial charge in [-0.2, -0.15) is 5.10 Å². The second-order valence-electron chi connectivity index (χ2n) is 6.41. The minimum absolute atomic E-state index is 0.118. The van der Waals surface area contributed by atoms with E-state index in [0.717, 1.165) is 24.5 Å². The zero-order valence-corrected chi connectivity index (χ0v) is 14.7. The van der Waals surface area contributed by atoms with Gasteiger partial charge < -0.3 is 5.11 Å². The molecule has 1 heterocycles. The van der Waals surface area contributed by atoms with Crippen LogP contribution in [0.15, 0.2) is 42.5 Å². The number of aromatic nitrogens is 2. The summed E-state index contributed by atoms with van der Waals surface area (Å²) in [7, 11) is 2.14. The summed E-state index contributed by atoms with van der Waals surface area (Å²) in [5.74, 6) is 0. The van der Waals surface area contributed by atoms with Crippen molar-refractivity contribution in [1.82, 2.24) is 14.7 Å². The zero-order valence-electron chi connectivity index (χ0n) is 14.7. The third-order valence-corrected chi connectivity index (χ3v) is 4.59. The van der Waals surface area contributed by atoms with Crippen molar-refractivity contribution in [1.29, 1.82) is 0 Å². The van der Waals surface area contributed by atoms with Crippen molar-refractivity contribution in [2.75, 3.05) is 13.7 Å². The summed E-state index contributed by atoms with van der Waals surface area (Å²) in [6, 6.07) is 15.0. The molecule has 0 aliphatic rings. The van der Waals surface area contributed by atoms with Crippen molar-refractivity contribution in [2.24, 2.45) is 0 Å². The number of benzene rings is 2. The number of rotatable bonds is 6. The first-order chi connectivity index (χ1) is 11.6. The van der Waals surface area contributed by atoms with Gasteiger partial charge in [0.25, 0.3) is 0 Å². The molecule has 3 rings (SSSR count). The normalized spacial score (nSPS) is 11.5. The number of aryl methyl sites for hydroxylation is 1. The van der Waals surface area contributed by atoms with E-state index in [0.29, 0.717) is 6.54 Å². The second-order valence-corrected chi connectivity index (χ2v) is 6.41. The van der Waals surface area contributed by atoms with Crippen LogP contribution in [0.1, 0.15) is 22.5 Å². The van der Waals surface area contributed by atoms with Gasteiger partial charge in [-0.3, -0.25) is 9.58 Å². The van der Waals surface area contributed by atoms with Crippen molar-refractivity contribution >= 4 is 10.8 Å². The molecule has 0 spiro atoms. The smallest absolute Gasteiger partial charge is 0.0644 e. The number of aliphatic hydroxyl groups is 1. The first-order valence-corrected chi connectivity index (χ1v) is 8.39. The van der Waals surface area contributed by atoms with E-state index in [4.69, 9.17) is 5.11 Å². The van der Waals surface area contributed by atoms with Crippen LogP contribution in [0.25, 0.3) is 10.8 Å². The largest absolute Gasteiger partial charge is 0.394 e. The highest BCUT2D eigenvalue weighted by Gasteiger charge is 2.14. The highest BCUT2D eigenvalue weighted by atomic mass is 16.3. The third-order valence-electron chi connectivity index (χ3n) is 4.59. The van der Waals surface area contributed by atoms with Gasteiger partial charge in [-0.1, -0.05) is 42.5 Å². The topological polar surface area (TPSA) is 41.3 Å². The number of fused-ring (bicyclic) bond motifs is 1. The van der Waals surface area contributed by atoms with Gasteiger partial charge >= 0.3 is 0 Å². The van der Waals surface area contributed by atoms with Gasteiger partial charge in [0.2, 0.25) is 0 Å². The lowest BCUT2D eigenvalue weighted by Crippen LogP contribution is -2.18. The summed E-state index contributed by atoms with van der Waals surface area (Å²) < 4.78 is 1.90. The van der Waals surface area contributed by atoms with Crippen LogP contribution < -0.4 is 0 Å². The number of nitrogens with zero attached hydrogens (tertiary/aromatic N) is 3. The molecule has 0 saturated carbocycles. The summed E-state index contributed by atoms with van der Waals surface area (Å²) in [5, 5.41) is 16.3. The summed E-state index contributed by atoms with van der Waals surface area (Å²) >= 11 is 0. The summed E-state index contributed by atoms with van der Waals surface area (Å²) in [6.07, 6.45) is 0. The molecule has 0 atom stereocenters. The first kappa shape index (κ1) is 16.7. The van der Waals surface area contributed by atoms with Crippen molar-refractivity contribution < 1.29 is 5.11 Å². The molecule has 0 fully saturated rings. The van der Waals surface area contributed by atoms with E-state index in [-0.39, 0.29) is 6.61 Å². The van der Waals surface area contributed by atoms with E-state index in [1.807, 2.05) is 11.6 Å². The molecule has 0 unspecified atom stereocenters. The van der Waals surface area contributed by atoms with Gasteiger partial charge in [0, 0.05) is 24.3 Å². The van der Waals surface area contributed by atoms with E-state index in [1.54, 1.807) is 0 Å². The van der Waals surface area contributed by atoms with Gasteiger partial charge in [-0.15, -0.1) is 0 Å². The lowest BCUT2D eigenvalue weighted by Gasteiger charge is -2.18. The molecule has 0 aliphatic heterocycles. The van der Waals surface area contributed by atoms with Crippen molar-refractivity contribution in [2.45, 2.75) is 33.5 Å². The predicted octanol–water partition coefficient (Wildman–Crippen LogP) is 3.28. The fraction of sp³-hybridized carbons (Fsp3) is 0.350. The van der Waals surface area contributed by atoms with Gasteiger partial charge in [-0.25, -0.2) is 0 Å². The van der Waals surface area contributed by atoms with Gasteiger partial charge in [0.05, 0.1) is 18.8 Å². The van der Waals surface area contributed by atoms with Crippen LogP contribution in [0.3, 0.4) is 0 Å². The van der Waals surface area contributed by atoms with E-state index < -0.39 is 0 Å². The summed E-state index contributed by atoms with van der Waals surface area (Å²) in [6.45, 7) is 6.55. The van der Waals surface area contributed by atoms with Gasteiger partial charge in [-0.05, 0) is 37.2 Å². The van der Waals surface area contributed by atoms with E-state index in [2.05, 4.69) is 66.4 Å². The Hall–Kier alpha value is -2.17. The second kappa shape index (κ2) is 7.16. The highest BCUT2D eigenvalue weighted by molar-refractivity contribution is 5.85. The van der Waals surface area contributed by atoms with Crippen LogP contribution in [0, 0.1) is 13.8 Å². The molecule has 2 aromatic carbocycles. The molecule has 4 nitrogen and oxygen atoms in total. The number of aliphatic hydroxyl groups excluding tert-OH is 1. The molecule has 0 bridgehead atoms. The first-order valence-electron chi connectivity index (χ1n) is 8.39. The molecule has 0 aliphatic carbocycles. The Morgan fingerprint density at radius 1 is 1.04 bits per heavy atom. The van der Waals surface area contributed by atoms with Crippen molar-refractivity contribution in [3.63, 3.8) is 0 Å². The van der Waals surface area contributed by atoms with Crippen LogP contribution >= 0.6 is 0 Å². The Morgan fingerprint density at radius 2 is 1.79 bits per heavy atom. The van der Waals surface area contributed by atoms with Crippen LogP contribution in [0.4, 0.5) is 0 Å². The molecule has 1 aromatic heterocycles. The molecule has 126 valence electrons. The average molecular weight is 323 g/mol. The van der Waals surface area contributed by atoms with Crippen molar-refractivity contribution in [3.05, 3.63) is 65.0 Å². The Morgan fingerprint density at radius 3 is 2.58 bits per heavy atom. The maximum absolute atomic E-state index is 9.15. The molecule has 1 N–H and O–H groups in total. The Bertz CT molecular complexity index is 833. The maximum atomic E-state index is 9.15. The minimum Gasteiger partial charge on any atom is -0.394 e. The molecular weight excluding hydrogens is 298 g/mol. The average Bonchev–Trinajstić information content (AvgIpc) is 2.83. The molecule has 0 radical (unpaired) electrons. The maximum Gasteiger partial charge on any atom is 0.0644 e. The Labute approximate surface area is 143 Å². The van der Waals surface area contributed by atoms with Crippen LogP contribution in [0.2, 0.25) is 0 Å². The van der Waals surface area contributed by atoms with E-state index in [9.17, 15) is 0 Å². The monoisotopic (exact) mass is 323 g/mol. The van der Waals surface area contributed by atoms with Gasteiger partial charge in [0.1, 0.15) is 0 Å². The SMILES string of the molecule is Cc1nn(CCO)c(C)c1CN(C)Cc1cccc2ccccc12. The standard InChI is InChI=1S/C20H25N3O/c1-15-20(16(2)23(21-15)11-12-24)14-22(3)13-18-9-6-8-17-7-4-5-10-19(17)18/h4-10,24H,11-14H2,1-3H3. The molecule has 0 saturated heterocycles. The van der Waals surface area contributed by atoms with Crippen molar-refractivity contribution in [3.8, 4) is 0 Å². The molecule has 3 aromatic rings. The molecular formula is C20H25N3O. The number of hydrogen-bond donors (Lipinski definition) is 1. The molecule has 4 heteroatoms. The summed E-state index contributed by atoms with van der Waals surface area (Å²) in [4.78, 5) is 2.32. The quantitative estimate of drug-likeness (QED) is 0.757. The molecule has 24 heavy (non-hydrogen) atoms. The van der Waals surface area contributed by atoms with Crippen LogP contribution in [-0.2, 0) is 19.6 Å². The predicted molar refractivity (Wildman–Crippen MR) is 97.9 cm³/mol. The van der Waals surface area contributed by atoms with E-state index >= 15 is 0 Å². The fourth-order valence-corrected chi connectivity index (χ4v) is 3.32. The minimum atomic E-state index is 0.118. The molecule has 0 amide bonds. The van der Waals surface area contributed by atoms with E-state index in [1.165, 1.54) is 21.9 Å². The van der Waals surface area contributed by atoms with Crippen LogP contribution in [0.5, 0.6) is 0 Å². The lowest BCUT2D eigenvalue weighted by atomic mass is 10.0. The highest BCUT2D eigenvalue weighted by Crippen LogP contribution is 2.21. The zero-order chi connectivity index (χ0) is 17.1.